The molecule has 2 heterocycles. The van der Waals surface area contributed by atoms with Gasteiger partial charge in [-0.2, -0.15) is 0 Å². The second-order valence-corrected chi connectivity index (χ2v) is 9.93. The van der Waals surface area contributed by atoms with Crippen LogP contribution in [0.2, 0.25) is 0 Å². The van der Waals surface area contributed by atoms with E-state index in [-0.39, 0.29) is 5.06 Å². The number of ether oxygens (including phenoxy) is 1. The molecule has 33 heavy (non-hydrogen) atoms. The largest absolute Gasteiger partial charge is 0.429 e. The summed E-state index contributed by atoms with van der Waals surface area (Å²) in [4.78, 5) is 17.5. The molecule has 0 saturated carbocycles. The quantitative estimate of drug-likeness (QED) is 0.440. The van der Waals surface area contributed by atoms with Crippen LogP contribution in [0.5, 0.6) is 5.06 Å². The van der Waals surface area contributed by atoms with Crippen LogP contribution in [-0.2, 0) is 23.9 Å². The monoisotopic (exact) mass is 495 g/mol. The molecule has 3 aromatic rings. The van der Waals surface area contributed by atoms with Gasteiger partial charge in [-0.1, -0.05) is 26.0 Å². The lowest BCUT2D eigenvalue weighted by molar-refractivity contribution is 0.172. The van der Waals surface area contributed by atoms with Crippen LogP contribution in [0.4, 0.5) is 9.18 Å². The van der Waals surface area contributed by atoms with Crippen molar-refractivity contribution >= 4 is 28.3 Å². The molecule has 0 spiro atoms. The molecule has 0 bridgehead atoms. The van der Waals surface area contributed by atoms with Gasteiger partial charge in [0, 0.05) is 28.4 Å². The smallest absolute Gasteiger partial charge is 0.398 e. The van der Waals surface area contributed by atoms with Gasteiger partial charge in [0.2, 0.25) is 10.9 Å². The Balaban J connectivity index is 1.94. The topological polar surface area (TPSA) is 102 Å². The minimum atomic E-state index is -3.27. The number of benzene rings is 1. The van der Waals surface area contributed by atoms with Crippen molar-refractivity contribution in [2.75, 3.05) is 13.2 Å². The number of aryl methyl sites for hydroxylation is 1. The fourth-order valence-electron chi connectivity index (χ4n) is 3.27. The number of halogens is 1. The third-order valence-corrected chi connectivity index (χ3v) is 6.68. The third-order valence-electron chi connectivity index (χ3n) is 4.89. The number of thiol groups is 1. The summed E-state index contributed by atoms with van der Waals surface area (Å²) in [6.45, 7) is 5.32. The highest BCUT2D eigenvalue weighted by molar-refractivity contribution is 7.70. The third kappa shape index (κ3) is 6.18. The molecule has 1 N–H and O–H groups in total. The van der Waals surface area contributed by atoms with Crippen LogP contribution in [0, 0.1) is 18.7 Å². The highest BCUT2D eigenvalue weighted by Gasteiger charge is 2.22. The van der Waals surface area contributed by atoms with E-state index in [1.54, 1.807) is 24.5 Å². The number of thiophene rings is 1. The van der Waals surface area contributed by atoms with E-state index in [4.69, 9.17) is 9.84 Å². The summed E-state index contributed by atoms with van der Waals surface area (Å²) in [6.07, 6.45) is 3.02. The number of nitrogens with zero attached hydrogens (tertiary/aromatic N) is 3. The summed E-state index contributed by atoms with van der Waals surface area (Å²) >= 11 is 1.21. The van der Waals surface area contributed by atoms with E-state index in [9.17, 15) is 17.6 Å². The molecular formula is C22H26FN3O5S2. The van der Waals surface area contributed by atoms with Crippen molar-refractivity contribution in [2.45, 2.75) is 33.7 Å². The fourth-order valence-corrected chi connectivity index (χ4v) is 4.93. The van der Waals surface area contributed by atoms with Crippen molar-refractivity contribution in [1.29, 1.82) is 0 Å². The molecule has 0 aliphatic heterocycles. The van der Waals surface area contributed by atoms with Crippen LogP contribution in [0.15, 0.2) is 36.7 Å². The number of aliphatic hydroxyl groups is 1. The van der Waals surface area contributed by atoms with Crippen LogP contribution in [0.3, 0.4) is 0 Å². The number of carbonyl (C=O) groups excluding carboxylic acids is 1. The fraction of sp³-hybridized carbons (Fsp3) is 0.364. The van der Waals surface area contributed by atoms with Gasteiger partial charge in [0.25, 0.3) is 0 Å². The van der Waals surface area contributed by atoms with Crippen molar-refractivity contribution in [1.82, 2.24) is 13.9 Å². The number of carbonyl (C=O) groups is 1. The second kappa shape index (κ2) is 10.9. The van der Waals surface area contributed by atoms with Crippen LogP contribution in [0.25, 0.3) is 11.1 Å². The molecule has 11 heteroatoms. The molecule has 0 saturated heterocycles. The summed E-state index contributed by atoms with van der Waals surface area (Å²) in [5.41, 5.74) is 1.49. The maximum atomic E-state index is 15.0. The first-order chi connectivity index (χ1) is 15.7. The van der Waals surface area contributed by atoms with Crippen molar-refractivity contribution in [3.8, 4) is 16.2 Å². The molecule has 0 fully saturated rings. The number of hydrogen-bond donors (Lipinski definition) is 2. The number of aliphatic hydroxyl groups excluding tert-OH is 1. The molecule has 178 valence electrons. The first-order valence-corrected chi connectivity index (χ1v) is 12.3. The van der Waals surface area contributed by atoms with E-state index in [0.29, 0.717) is 39.9 Å². The van der Waals surface area contributed by atoms with Crippen LogP contribution in [-0.4, -0.2) is 46.6 Å². The van der Waals surface area contributed by atoms with E-state index < -0.39 is 36.0 Å². The molecule has 2 aromatic heterocycles. The maximum Gasteiger partial charge on any atom is 0.429 e. The maximum absolute atomic E-state index is 15.0. The number of hydrogen-bond acceptors (Lipinski definition) is 7. The van der Waals surface area contributed by atoms with Gasteiger partial charge in [0.15, 0.2) is 5.06 Å². The van der Waals surface area contributed by atoms with E-state index in [2.05, 4.69) is 4.98 Å². The molecular weight excluding hydrogens is 469 g/mol. The van der Waals surface area contributed by atoms with Gasteiger partial charge in [-0.15, -0.1) is 11.3 Å². The minimum absolute atomic E-state index is 0.174. The Labute approximate surface area is 197 Å². The van der Waals surface area contributed by atoms with Crippen molar-refractivity contribution in [2.24, 2.45) is 5.92 Å². The minimum Gasteiger partial charge on any atom is -0.398 e. The molecule has 3 rings (SSSR count). The van der Waals surface area contributed by atoms with Crippen molar-refractivity contribution in [3.63, 3.8) is 0 Å². The number of amides is 1. The Morgan fingerprint density at radius 2 is 2.09 bits per heavy atom. The first kappa shape index (κ1) is 24.9. The number of rotatable bonds is 9. The lowest BCUT2D eigenvalue weighted by atomic mass is 10.0. The Kier molecular flexibility index (Phi) is 8.22. The molecule has 0 aliphatic carbocycles. The molecule has 0 radical (unpaired) electrons. The summed E-state index contributed by atoms with van der Waals surface area (Å²) in [7, 11) is -3.27. The normalized spacial score (nSPS) is 11.4. The lowest BCUT2D eigenvalue weighted by Gasteiger charge is -2.14. The molecule has 8 nitrogen and oxygen atoms in total. The number of imidazole rings is 1. The predicted molar refractivity (Wildman–Crippen MR) is 124 cm³/mol. The molecule has 0 aliphatic rings. The van der Waals surface area contributed by atoms with Gasteiger partial charge < -0.3 is 14.4 Å². The Hall–Kier alpha value is -2.76. The average Bonchev–Trinajstić information content (AvgIpc) is 3.32. The van der Waals surface area contributed by atoms with Crippen molar-refractivity contribution < 1.29 is 27.4 Å². The van der Waals surface area contributed by atoms with Gasteiger partial charge in [-0.3, -0.25) is 0 Å². The van der Waals surface area contributed by atoms with Crippen LogP contribution < -0.4 is 4.74 Å². The van der Waals surface area contributed by atoms with Gasteiger partial charge in [-0.25, -0.2) is 26.9 Å². The Morgan fingerprint density at radius 1 is 1.33 bits per heavy atom. The second-order valence-electron chi connectivity index (χ2n) is 7.87. The van der Waals surface area contributed by atoms with Gasteiger partial charge in [0.1, 0.15) is 11.6 Å². The number of aromatic nitrogens is 2. The molecule has 0 atom stereocenters. The van der Waals surface area contributed by atoms with Crippen molar-refractivity contribution in [3.05, 3.63) is 58.7 Å². The summed E-state index contributed by atoms with van der Waals surface area (Å²) < 4.78 is 45.3. The SMILES string of the molecule is Cc1nccn1Cc1ccc(-c2cc(CC(C)C)sc2OC(=O)N(CCO)[SH](=O)=O)cc1F. The van der Waals surface area contributed by atoms with E-state index in [0.717, 1.165) is 10.7 Å². The molecule has 1 amide bonds. The Bertz CT molecular complexity index is 1190. The van der Waals surface area contributed by atoms with Gasteiger partial charge in [-0.05, 0) is 37.0 Å². The Morgan fingerprint density at radius 3 is 2.67 bits per heavy atom. The predicted octanol–water partition coefficient (Wildman–Crippen LogP) is 3.63. The highest BCUT2D eigenvalue weighted by atomic mass is 32.2. The zero-order chi connectivity index (χ0) is 24.1. The zero-order valence-electron chi connectivity index (χ0n) is 18.5. The lowest BCUT2D eigenvalue weighted by Crippen LogP contribution is -2.34. The molecule has 0 unspecified atom stereocenters. The van der Waals surface area contributed by atoms with Gasteiger partial charge >= 0.3 is 6.09 Å². The standard InChI is InChI=1S/C22H26FN3O5S2/c1-14(2)10-18-12-19(21(32-18)31-22(28)26(8-9-27)33(29)30)16-4-5-17(20(23)11-16)13-25-7-6-24-15(25)3/h4-7,11-12,14,27,33H,8-10,13H2,1-3H3. The first-order valence-electron chi connectivity index (χ1n) is 10.3. The van der Waals surface area contributed by atoms with E-state index in [1.807, 2.05) is 31.4 Å². The highest BCUT2D eigenvalue weighted by Crippen LogP contribution is 2.40. The van der Waals surface area contributed by atoms with E-state index in [1.165, 1.54) is 17.4 Å². The summed E-state index contributed by atoms with van der Waals surface area (Å²) in [5.74, 6) is 0.687. The van der Waals surface area contributed by atoms with Crippen LogP contribution >= 0.6 is 11.3 Å². The van der Waals surface area contributed by atoms with Crippen LogP contribution in [0.1, 0.15) is 30.1 Å². The summed E-state index contributed by atoms with van der Waals surface area (Å²) in [5, 5.41) is 9.21. The summed E-state index contributed by atoms with van der Waals surface area (Å²) in [6, 6.07) is 6.61. The zero-order valence-corrected chi connectivity index (χ0v) is 20.2. The molecule has 1 aromatic carbocycles. The average molecular weight is 496 g/mol. The van der Waals surface area contributed by atoms with Gasteiger partial charge in [0.05, 0.1) is 19.7 Å². The van der Waals surface area contributed by atoms with E-state index >= 15 is 0 Å².